The number of hydrogen-bond donors (Lipinski definition) is 0. The van der Waals surface area contributed by atoms with Crippen LogP contribution in [0.4, 0.5) is 39.5 Å². The van der Waals surface area contributed by atoms with Gasteiger partial charge in [-0.2, -0.15) is 0 Å². The maximum Gasteiger partial charge on any atom is 0.0346 e. The van der Waals surface area contributed by atoms with E-state index in [1.54, 1.807) is 6.20 Å². The standard InChI is InChI=1S/C11H9N.3CF3.Sb/c1-2-5-10(6-3-1)11-7-4-8-12-9-11;3*2-1(3)4;/h1-9H;;;;. The number of rotatable bonds is 1. The van der Waals surface area contributed by atoms with Gasteiger partial charge in [-0.25, -0.2) is 0 Å². The average Bonchev–Trinajstić information content (AvgIpc) is 2.45. The van der Waals surface area contributed by atoms with Crippen molar-refractivity contribution in [3.05, 3.63) is 54.9 Å². The Kier molecular flexibility index (Phi) is 7.16. The molecule has 0 atom stereocenters. The second kappa shape index (κ2) is 8.29. The summed E-state index contributed by atoms with van der Waals surface area (Å²) < 4.78 is 83.6. The molecule has 1 heterocycles. The fraction of sp³-hybridized carbons (Fsp3) is 0.214. The number of aromatic nitrogens is 1. The SMILES string of the molecule is F[C](F)(F)[Sb]([C](F)(F)F)[C](F)(F)F.c1ccc(-c2cccnc2)cc1. The number of alkyl halides is 9. The van der Waals surface area contributed by atoms with Crippen LogP contribution in [0.3, 0.4) is 0 Å². The van der Waals surface area contributed by atoms with Gasteiger partial charge in [-0.05, 0) is 17.2 Å². The zero-order valence-electron chi connectivity index (χ0n) is 12.0. The number of pyridine rings is 1. The van der Waals surface area contributed by atoms with E-state index in [1.807, 2.05) is 30.5 Å². The Balaban J connectivity index is 0.000000250. The van der Waals surface area contributed by atoms with Gasteiger partial charge in [0.15, 0.2) is 0 Å². The van der Waals surface area contributed by atoms with Gasteiger partial charge in [0.1, 0.15) is 0 Å². The fourth-order valence-electron chi connectivity index (χ4n) is 1.60. The Hall–Kier alpha value is -1.44. The number of nitrogens with zero attached hydrogens (tertiary/aromatic N) is 1. The van der Waals surface area contributed by atoms with Crippen molar-refractivity contribution in [1.29, 1.82) is 0 Å². The van der Waals surface area contributed by atoms with Gasteiger partial charge in [-0.1, -0.05) is 36.4 Å². The zero-order valence-corrected chi connectivity index (χ0v) is 14.5. The van der Waals surface area contributed by atoms with Crippen molar-refractivity contribution in [2.24, 2.45) is 0 Å². The van der Waals surface area contributed by atoms with Crippen molar-refractivity contribution in [2.75, 3.05) is 0 Å². The van der Waals surface area contributed by atoms with Gasteiger partial charge < -0.3 is 0 Å². The quantitative estimate of drug-likeness (QED) is 0.383. The molecule has 0 radical (unpaired) electrons. The molecule has 1 aromatic heterocycles. The van der Waals surface area contributed by atoms with E-state index in [4.69, 9.17) is 0 Å². The van der Waals surface area contributed by atoms with Crippen molar-refractivity contribution in [1.82, 2.24) is 4.98 Å². The molecule has 138 valence electrons. The molecular formula is C14H9F9NSb. The minimum absolute atomic E-state index is 1.16. The zero-order chi connectivity index (χ0) is 19.3. The maximum absolute atomic E-state index is 11.4. The van der Waals surface area contributed by atoms with Gasteiger partial charge in [0.25, 0.3) is 0 Å². The van der Waals surface area contributed by atoms with Gasteiger partial charge in [0, 0.05) is 12.4 Å². The molecule has 0 saturated heterocycles. The van der Waals surface area contributed by atoms with Gasteiger partial charge in [0.2, 0.25) is 0 Å². The fourth-order valence-corrected chi connectivity index (χ4v) is 4.06. The molecule has 0 aliphatic heterocycles. The molecule has 0 aliphatic rings. The van der Waals surface area contributed by atoms with E-state index in [-0.39, 0.29) is 0 Å². The summed E-state index contributed by atoms with van der Waals surface area (Å²) >= 11 is -7.29. The Morgan fingerprint density at radius 2 is 1.04 bits per heavy atom. The van der Waals surface area contributed by atoms with Crippen LogP contribution in [-0.4, -0.2) is 37.6 Å². The number of halogens is 9. The summed E-state index contributed by atoms with van der Waals surface area (Å²) in [7, 11) is 0. The smallest absolute Gasteiger partial charge is 0.0346 e. The molecule has 2 rings (SSSR count). The topological polar surface area (TPSA) is 12.9 Å². The molecule has 0 aliphatic carbocycles. The van der Waals surface area contributed by atoms with E-state index < -0.39 is 32.6 Å². The van der Waals surface area contributed by atoms with Gasteiger partial charge in [-0.15, -0.1) is 0 Å². The summed E-state index contributed by atoms with van der Waals surface area (Å²) in [6.07, 6.45) is 3.65. The van der Waals surface area contributed by atoms with Crippen molar-refractivity contribution < 1.29 is 39.5 Å². The van der Waals surface area contributed by atoms with Crippen molar-refractivity contribution in [2.45, 2.75) is 12.4 Å². The average molecular weight is 484 g/mol. The normalized spacial score (nSPS) is 12.6. The molecule has 0 bridgehead atoms. The number of benzene rings is 1. The first-order chi connectivity index (χ1) is 11.3. The third kappa shape index (κ3) is 7.13. The van der Waals surface area contributed by atoms with Crippen LogP contribution in [0.15, 0.2) is 54.9 Å². The minimum atomic E-state index is -7.29. The molecule has 1 aromatic carbocycles. The molecule has 0 spiro atoms. The van der Waals surface area contributed by atoms with E-state index in [2.05, 4.69) is 23.2 Å². The predicted molar refractivity (Wildman–Crippen MR) is 73.6 cm³/mol. The van der Waals surface area contributed by atoms with Crippen LogP contribution in [0.25, 0.3) is 11.1 Å². The van der Waals surface area contributed by atoms with E-state index in [0.717, 1.165) is 5.56 Å². The summed E-state index contributed by atoms with van der Waals surface area (Å²) in [4.78, 5) is 4.06. The Bertz CT molecular complexity index is 565. The summed E-state index contributed by atoms with van der Waals surface area (Å²) in [6, 6.07) is 14.2. The first-order valence-corrected chi connectivity index (χ1v) is 10.1. The molecule has 2 aromatic rings. The molecule has 0 N–H and O–H groups in total. The molecular weight excluding hydrogens is 475 g/mol. The van der Waals surface area contributed by atoms with E-state index in [9.17, 15) is 39.5 Å². The summed E-state index contributed by atoms with van der Waals surface area (Å²) in [6.45, 7) is 0. The third-order valence-electron chi connectivity index (χ3n) is 2.53. The van der Waals surface area contributed by atoms with Crippen LogP contribution in [0, 0.1) is 0 Å². The molecule has 0 amide bonds. The summed E-state index contributed by atoms with van der Waals surface area (Å²) in [5.41, 5.74) is 2.38. The number of hydrogen-bond acceptors (Lipinski definition) is 1. The van der Waals surface area contributed by atoms with Gasteiger partial charge in [-0.3, -0.25) is 4.98 Å². The Labute approximate surface area is 143 Å². The minimum Gasteiger partial charge on any atom is -0.264 e. The van der Waals surface area contributed by atoms with Crippen molar-refractivity contribution in [3.8, 4) is 11.1 Å². The molecule has 0 saturated carbocycles. The Morgan fingerprint density at radius 1 is 0.600 bits per heavy atom. The van der Waals surface area contributed by atoms with Crippen LogP contribution in [0.5, 0.6) is 0 Å². The van der Waals surface area contributed by atoms with Crippen LogP contribution in [0.2, 0.25) is 0 Å². The molecule has 25 heavy (non-hydrogen) atoms. The first-order valence-electron chi connectivity index (χ1n) is 6.29. The van der Waals surface area contributed by atoms with Gasteiger partial charge >= 0.3 is 72.1 Å². The van der Waals surface area contributed by atoms with Crippen LogP contribution in [-0.2, 0) is 0 Å². The Morgan fingerprint density at radius 3 is 1.36 bits per heavy atom. The monoisotopic (exact) mass is 483 g/mol. The molecule has 0 fully saturated rings. The van der Waals surface area contributed by atoms with E-state index in [1.165, 1.54) is 5.56 Å². The van der Waals surface area contributed by atoms with Crippen LogP contribution >= 0.6 is 0 Å². The molecule has 11 heteroatoms. The van der Waals surface area contributed by atoms with E-state index >= 15 is 0 Å². The van der Waals surface area contributed by atoms with E-state index in [0.29, 0.717) is 0 Å². The first kappa shape index (κ1) is 21.6. The van der Waals surface area contributed by atoms with Crippen LogP contribution in [0.1, 0.15) is 0 Å². The van der Waals surface area contributed by atoms with Crippen molar-refractivity contribution >= 4 is 20.2 Å². The van der Waals surface area contributed by atoms with Gasteiger partial charge in [0.05, 0.1) is 0 Å². The molecule has 0 unspecified atom stereocenters. The predicted octanol–water partition coefficient (Wildman–Crippen LogP) is 5.53. The summed E-state index contributed by atoms with van der Waals surface area (Å²) in [5.74, 6) is 0. The molecule has 1 nitrogen and oxygen atoms in total. The van der Waals surface area contributed by atoms with Crippen molar-refractivity contribution in [3.63, 3.8) is 0 Å². The van der Waals surface area contributed by atoms with Crippen LogP contribution < -0.4 is 0 Å². The summed E-state index contributed by atoms with van der Waals surface area (Å²) in [5, 5.41) is 0. The maximum atomic E-state index is 11.4. The largest absolute Gasteiger partial charge is 0.264 e. The second-order valence-electron chi connectivity index (χ2n) is 4.35. The third-order valence-corrected chi connectivity index (χ3v) is 6.87. The second-order valence-corrected chi connectivity index (χ2v) is 10.6.